The molecule has 2 atom stereocenters. The van der Waals surface area contributed by atoms with E-state index in [4.69, 9.17) is 15.4 Å². The number of nitrogens with zero attached hydrogens (tertiary/aromatic N) is 2. The van der Waals surface area contributed by atoms with E-state index in [0.717, 1.165) is 25.2 Å². The van der Waals surface area contributed by atoms with E-state index in [-0.39, 0.29) is 11.9 Å². The summed E-state index contributed by atoms with van der Waals surface area (Å²) in [5, 5.41) is 4.20. The minimum atomic E-state index is -1.35. The van der Waals surface area contributed by atoms with Gasteiger partial charge in [-0.05, 0) is 37.9 Å². The van der Waals surface area contributed by atoms with E-state index in [1.54, 1.807) is 0 Å². The number of methoxy groups -OCH3 is 1. The largest absolute Gasteiger partial charge is 0.350 e. The van der Waals surface area contributed by atoms with Gasteiger partial charge in [0.25, 0.3) is 11.7 Å². The Hall–Kier alpha value is -1.51. The molecular formula is C18H28N4O3. The number of nitrogens with one attached hydrogen (secondary N) is 1. The number of likely N-dealkylation sites (tertiary alicyclic amines) is 1. The molecule has 2 fully saturated rings. The zero-order chi connectivity index (χ0) is 17.7. The van der Waals surface area contributed by atoms with E-state index >= 15 is 0 Å². The van der Waals surface area contributed by atoms with Gasteiger partial charge in [-0.3, -0.25) is 4.79 Å². The van der Waals surface area contributed by atoms with E-state index in [9.17, 15) is 4.79 Å². The first-order chi connectivity index (χ1) is 12.1. The molecule has 2 saturated heterocycles. The summed E-state index contributed by atoms with van der Waals surface area (Å²) in [6.45, 7) is 3.65. The fourth-order valence-corrected chi connectivity index (χ4v) is 3.55. The molecule has 2 aliphatic rings. The van der Waals surface area contributed by atoms with Gasteiger partial charge in [0.15, 0.2) is 0 Å². The fourth-order valence-electron chi connectivity index (χ4n) is 3.55. The first-order valence-corrected chi connectivity index (χ1v) is 8.96. The maximum absolute atomic E-state index is 12.7. The second-order valence-corrected chi connectivity index (χ2v) is 6.76. The normalized spacial score (nSPS) is 27.7. The molecule has 0 bridgehead atoms. The van der Waals surface area contributed by atoms with Crippen LogP contribution in [0.3, 0.4) is 0 Å². The lowest BCUT2D eigenvalue weighted by atomic mass is 10.00. The summed E-state index contributed by atoms with van der Waals surface area (Å²) in [5.74, 6) is 4.38. The summed E-state index contributed by atoms with van der Waals surface area (Å²) in [7, 11) is 1.48. The number of carbonyl (C=O) groups excluding carboxylic acids is 1. The van der Waals surface area contributed by atoms with E-state index in [0.29, 0.717) is 19.4 Å². The van der Waals surface area contributed by atoms with Crippen LogP contribution in [0.2, 0.25) is 0 Å². The Labute approximate surface area is 149 Å². The van der Waals surface area contributed by atoms with Crippen molar-refractivity contribution in [3.63, 3.8) is 0 Å². The highest BCUT2D eigenvalue weighted by Crippen LogP contribution is 2.31. The van der Waals surface area contributed by atoms with Crippen molar-refractivity contribution in [1.82, 2.24) is 15.4 Å². The van der Waals surface area contributed by atoms with Crippen molar-refractivity contribution in [2.24, 2.45) is 5.84 Å². The summed E-state index contributed by atoms with van der Waals surface area (Å²) < 4.78 is 5.45. The number of nitrogens with two attached hydrogens (primary N) is 1. The topological polar surface area (TPSA) is 80.1 Å². The molecule has 138 valence electrons. The van der Waals surface area contributed by atoms with Gasteiger partial charge in [-0.25, -0.2) is 10.7 Å². The highest BCUT2D eigenvalue weighted by Gasteiger charge is 2.51. The summed E-state index contributed by atoms with van der Waals surface area (Å²) >= 11 is 0. The zero-order valence-electron chi connectivity index (χ0n) is 14.8. The fraction of sp³-hybridized carbons (Fsp3) is 0.611. The molecule has 3 N–H and O–H groups in total. The molecule has 1 amide bonds. The monoisotopic (exact) mass is 348 g/mol. The van der Waals surface area contributed by atoms with Gasteiger partial charge in [0.05, 0.1) is 6.04 Å². The third-order valence-electron chi connectivity index (χ3n) is 5.02. The molecule has 7 heteroatoms. The molecular weight excluding hydrogens is 320 g/mol. The van der Waals surface area contributed by atoms with Gasteiger partial charge >= 0.3 is 0 Å². The van der Waals surface area contributed by atoms with Crippen LogP contribution in [-0.4, -0.2) is 61.1 Å². The van der Waals surface area contributed by atoms with Crippen molar-refractivity contribution in [1.29, 1.82) is 0 Å². The molecule has 2 aliphatic heterocycles. The van der Waals surface area contributed by atoms with Crippen molar-refractivity contribution >= 4 is 5.91 Å². The van der Waals surface area contributed by atoms with Crippen LogP contribution < -0.4 is 11.2 Å². The maximum atomic E-state index is 12.7. The molecule has 1 aromatic carbocycles. The number of ether oxygens (including phenoxy) is 1. The lowest BCUT2D eigenvalue weighted by Crippen LogP contribution is -2.50. The van der Waals surface area contributed by atoms with Crippen LogP contribution >= 0.6 is 0 Å². The molecule has 0 radical (unpaired) electrons. The number of rotatable bonds is 7. The molecule has 3 rings (SSSR count). The molecule has 25 heavy (non-hydrogen) atoms. The van der Waals surface area contributed by atoms with E-state index in [1.807, 2.05) is 30.3 Å². The second kappa shape index (κ2) is 8.25. The molecule has 0 spiro atoms. The third-order valence-corrected chi connectivity index (χ3v) is 5.02. The van der Waals surface area contributed by atoms with Crippen LogP contribution in [0.5, 0.6) is 0 Å². The van der Waals surface area contributed by atoms with Crippen molar-refractivity contribution in [3.8, 4) is 0 Å². The van der Waals surface area contributed by atoms with Crippen LogP contribution in [0.1, 0.15) is 24.8 Å². The highest BCUT2D eigenvalue weighted by atomic mass is 16.8. The van der Waals surface area contributed by atoms with E-state index in [1.165, 1.54) is 25.1 Å². The summed E-state index contributed by atoms with van der Waals surface area (Å²) in [4.78, 5) is 20.6. The van der Waals surface area contributed by atoms with Crippen LogP contribution in [0, 0.1) is 0 Å². The van der Waals surface area contributed by atoms with Crippen LogP contribution in [0.25, 0.3) is 0 Å². The van der Waals surface area contributed by atoms with Gasteiger partial charge in [-0.1, -0.05) is 30.3 Å². The second-order valence-electron chi connectivity index (χ2n) is 6.76. The van der Waals surface area contributed by atoms with E-state index in [2.05, 4.69) is 10.2 Å². The lowest BCUT2D eigenvalue weighted by Gasteiger charge is -2.25. The first kappa shape index (κ1) is 18.3. The smallest absolute Gasteiger partial charge is 0.282 e. The number of hydrogen-bond donors (Lipinski definition) is 2. The maximum Gasteiger partial charge on any atom is 0.282 e. The van der Waals surface area contributed by atoms with Gasteiger partial charge in [0.2, 0.25) is 0 Å². The van der Waals surface area contributed by atoms with Crippen LogP contribution in [-0.2, 0) is 20.8 Å². The molecule has 7 nitrogen and oxygen atoms in total. The van der Waals surface area contributed by atoms with Gasteiger partial charge in [-0.15, -0.1) is 5.17 Å². The Balaban J connectivity index is 1.55. The van der Waals surface area contributed by atoms with Crippen LogP contribution in [0.15, 0.2) is 30.3 Å². The lowest BCUT2D eigenvalue weighted by molar-refractivity contribution is -0.284. The number of benzene rings is 1. The quantitative estimate of drug-likeness (QED) is 0.705. The number of hydroxylamine groups is 1. The molecule has 0 aliphatic carbocycles. The van der Waals surface area contributed by atoms with Gasteiger partial charge < -0.3 is 15.0 Å². The van der Waals surface area contributed by atoms with Crippen molar-refractivity contribution in [2.45, 2.75) is 37.5 Å². The number of amides is 1. The van der Waals surface area contributed by atoms with Gasteiger partial charge in [0, 0.05) is 26.6 Å². The minimum Gasteiger partial charge on any atom is -0.350 e. The average Bonchev–Trinajstić information content (AvgIpc) is 3.25. The Morgan fingerprint density at radius 1 is 1.36 bits per heavy atom. The molecule has 0 unspecified atom stereocenters. The third kappa shape index (κ3) is 4.37. The molecule has 1 aromatic rings. The highest BCUT2D eigenvalue weighted by molar-refractivity contribution is 5.84. The number of carbonyl (C=O) groups is 1. The Kier molecular flexibility index (Phi) is 6.03. The number of hydrogen-bond acceptors (Lipinski definition) is 6. The minimum absolute atomic E-state index is 0.119. The Morgan fingerprint density at radius 2 is 2.08 bits per heavy atom. The standard InChI is InChI=1S/C18H28N4O3/c1-24-18(17(23)20-9-12-21-10-5-6-11-21)14-16(22(19)25-18)13-15-7-3-2-4-8-15/h2-4,7-8,16H,5-6,9-14,19H2,1H3,(H,20,23)/t16-,18+/m0/s1. The van der Waals surface area contributed by atoms with Crippen molar-refractivity contribution in [3.05, 3.63) is 35.9 Å². The predicted molar refractivity (Wildman–Crippen MR) is 94.1 cm³/mol. The van der Waals surface area contributed by atoms with Gasteiger partial charge in [0.1, 0.15) is 0 Å². The van der Waals surface area contributed by atoms with Gasteiger partial charge in [-0.2, -0.15) is 0 Å². The summed E-state index contributed by atoms with van der Waals surface area (Å²) in [5.41, 5.74) is 1.15. The Morgan fingerprint density at radius 3 is 2.76 bits per heavy atom. The number of hydrazine groups is 1. The predicted octanol–water partition coefficient (Wildman–Crippen LogP) is 0.663. The SMILES string of the molecule is CO[C@]1(C(=O)NCCN2CCCC2)C[C@H](Cc2ccccc2)N(N)O1. The average molecular weight is 348 g/mol. The molecule has 2 heterocycles. The van der Waals surface area contributed by atoms with Crippen LogP contribution in [0.4, 0.5) is 0 Å². The zero-order valence-corrected chi connectivity index (χ0v) is 14.8. The van der Waals surface area contributed by atoms with Crippen molar-refractivity contribution < 1.29 is 14.4 Å². The van der Waals surface area contributed by atoms with Crippen molar-refractivity contribution in [2.75, 3.05) is 33.3 Å². The summed E-state index contributed by atoms with van der Waals surface area (Å²) in [6, 6.07) is 9.91. The molecule has 0 aromatic heterocycles. The first-order valence-electron chi connectivity index (χ1n) is 8.96. The molecule has 0 saturated carbocycles. The Bertz CT molecular complexity index is 565. The van der Waals surface area contributed by atoms with E-state index < -0.39 is 5.79 Å². The summed E-state index contributed by atoms with van der Waals surface area (Å²) in [6.07, 6.45) is 3.57.